The van der Waals surface area contributed by atoms with Crippen molar-refractivity contribution in [2.45, 2.75) is 50.6 Å². The summed E-state index contributed by atoms with van der Waals surface area (Å²) in [5.41, 5.74) is 0.659. The molecule has 3 heterocycles. The minimum absolute atomic E-state index is 0.0594. The first-order valence-corrected chi connectivity index (χ1v) is 11.1. The zero-order valence-corrected chi connectivity index (χ0v) is 18.0. The van der Waals surface area contributed by atoms with Crippen LogP contribution in [0.25, 0.3) is 11.5 Å². The van der Waals surface area contributed by atoms with Crippen LogP contribution in [0, 0.1) is 0 Å². The average Bonchev–Trinajstić information content (AvgIpc) is 3.37. The van der Waals surface area contributed by atoms with E-state index in [1.54, 1.807) is 27.6 Å². The van der Waals surface area contributed by atoms with Crippen LogP contribution in [0.3, 0.4) is 0 Å². The van der Waals surface area contributed by atoms with E-state index in [0.717, 1.165) is 12.8 Å². The van der Waals surface area contributed by atoms with E-state index in [2.05, 4.69) is 10.2 Å². The molecule has 0 bridgehead atoms. The van der Waals surface area contributed by atoms with E-state index in [1.165, 1.54) is 0 Å². The maximum Gasteiger partial charge on any atom is 0.249 e. The topological polar surface area (TPSA) is 79.5 Å². The van der Waals surface area contributed by atoms with Crippen molar-refractivity contribution in [2.75, 3.05) is 12.3 Å². The van der Waals surface area contributed by atoms with Crippen LogP contribution in [0.2, 0.25) is 5.02 Å². The number of nitrogens with zero attached hydrogens (tertiary/aromatic N) is 4. The van der Waals surface area contributed by atoms with Gasteiger partial charge in [0, 0.05) is 18.7 Å². The first-order valence-electron chi connectivity index (χ1n) is 9.75. The summed E-state index contributed by atoms with van der Waals surface area (Å²) in [6, 6.07) is 6.81. The summed E-state index contributed by atoms with van der Waals surface area (Å²) in [6.07, 6.45) is 2.09. The van der Waals surface area contributed by atoms with Gasteiger partial charge in [0.15, 0.2) is 0 Å². The summed E-state index contributed by atoms with van der Waals surface area (Å²) >= 11 is 7.90. The van der Waals surface area contributed by atoms with Gasteiger partial charge in [-0.25, -0.2) is 0 Å². The highest BCUT2D eigenvalue weighted by Gasteiger charge is 2.53. The molecule has 2 aromatic rings. The summed E-state index contributed by atoms with van der Waals surface area (Å²) in [5, 5.41) is 8.72. The van der Waals surface area contributed by atoms with Crippen LogP contribution in [0.4, 0.5) is 0 Å². The number of hydrogen-bond acceptors (Lipinski definition) is 6. The molecule has 9 heteroatoms. The summed E-state index contributed by atoms with van der Waals surface area (Å²) < 4.78 is 5.78. The number of fused-ring (bicyclic) bond motifs is 1. The van der Waals surface area contributed by atoms with Crippen molar-refractivity contribution in [3.05, 3.63) is 35.2 Å². The number of carbonyl (C=O) groups excluding carboxylic acids is 2. The summed E-state index contributed by atoms with van der Waals surface area (Å²) in [7, 11) is 0. The number of rotatable bonds is 6. The number of benzene rings is 1. The highest BCUT2D eigenvalue weighted by Crippen LogP contribution is 2.47. The molecule has 1 aromatic carbocycles. The van der Waals surface area contributed by atoms with Gasteiger partial charge in [-0.05, 0) is 31.9 Å². The summed E-state index contributed by atoms with van der Waals surface area (Å²) in [6.45, 7) is 4.83. The quantitative estimate of drug-likeness (QED) is 0.691. The molecule has 0 aliphatic carbocycles. The predicted molar refractivity (Wildman–Crippen MR) is 111 cm³/mol. The van der Waals surface area contributed by atoms with Crippen molar-refractivity contribution in [1.82, 2.24) is 20.0 Å². The maximum atomic E-state index is 13.3. The normalized spacial score (nSPS) is 23.5. The fraction of sp³-hybridized carbons (Fsp3) is 0.500. The smallest absolute Gasteiger partial charge is 0.249 e. The molecule has 2 saturated heterocycles. The second-order valence-electron chi connectivity index (χ2n) is 7.51. The Balaban J connectivity index is 1.52. The molecule has 2 unspecified atom stereocenters. The number of halogens is 1. The molecule has 29 heavy (non-hydrogen) atoms. The molecule has 2 aliphatic heterocycles. The van der Waals surface area contributed by atoms with Gasteiger partial charge in [0.25, 0.3) is 0 Å². The molecule has 154 valence electrons. The zero-order chi connectivity index (χ0) is 20.6. The van der Waals surface area contributed by atoms with Crippen LogP contribution in [0.15, 0.2) is 28.7 Å². The molecule has 1 aromatic heterocycles. The Morgan fingerprint density at radius 1 is 1.41 bits per heavy atom. The SMILES string of the molecule is CCCN(Cc1nnc(-c2ccccc2Cl)o1)C(=O)C1CSC2(C)CCC(=O)N12. The van der Waals surface area contributed by atoms with Crippen LogP contribution in [0.5, 0.6) is 0 Å². The largest absolute Gasteiger partial charge is 0.419 e. The standard InChI is InChI=1S/C20H23ClN4O3S/c1-3-10-24(19(27)15-12-29-20(2)9-8-17(26)25(15)20)11-16-22-23-18(28-16)13-6-4-5-7-14(13)21/h4-7,15H,3,8-12H2,1-2H3. The molecule has 2 aliphatic rings. The minimum Gasteiger partial charge on any atom is -0.419 e. The second kappa shape index (κ2) is 7.99. The van der Waals surface area contributed by atoms with E-state index in [0.29, 0.717) is 41.1 Å². The molecule has 0 spiro atoms. The highest BCUT2D eigenvalue weighted by atomic mass is 35.5. The number of aromatic nitrogens is 2. The van der Waals surface area contributed by atoms with E-state index >= 15 is 0 Å². The molecular formula is C20H23ClN4O3S. The van der Waals surface area contributed by atoms with Gasteiger partial charge in [-0.3, -0.25) is 9.59 Å². The van der Waals surface area contributed by atoms with Gasteiger partial charge in [-0.2, -0.15) is 0 Å². The highest BCUT2D eigenvalue weighted by molar-refractivity contribution is 8.01. The molecule has 2 amide bonds. The van der Waals surface area contributed by atoms with Crippen LogP contribution >= 0.6 is 23.4 Å². The molecule has 0 saturated carbocycles. The molecule has 2 atom stereocenters. The first kappa shape index (κ1) is 20.2. The Morgan fingerprint density at radius 2 is 2.21 bits per heavy atom. The third kappa shape index (κ3) is 3.75. The van der Waals surface area contributed by atoms with Crippen LogP contribution in [-0.4, -0.2) is 55.0 Å². The first-order chi connectivity index (χ1) is 13.9. The zero-order valence-electron chi connectivity index (χ0n) is 16.4. The Bertz CT molecular complexity index is 936. The lowest BCUT2D eigenvalue weighted by atomic mass is 10.2. The monoisotopic (exact) mass is 434 g/mol. The van der Waals surface area contributed by atoms with Crippen LogP contribution < -0.4 is 0 Å². The molecule has 7 nitrogen and oxygen atoms in total. The summed E-state index contributed by atoms with van der Waals surface area (Å²) in [4.78, 5) is 28.9. The van der Waals surface area contributed by atoms with Gasteiger partial charge in [0.05, 0.1) is 22.0 Å². The number of carbonyl (C=O) groups is 2. The fourth-order valence-electron chi connectivity index (χ4n) is 3.98. The average molecular weight is 435 g/mol. The van der Waals surface area contributed by atoms with Crippen molar-refractivity contribution in [3.63, 3.8) is 0 Å². The predicted octanol–water partition coefficient (Wildman–Crippen LogP) is 3.58. The van der Waals surface area contributed by atoms with Gasteiger partial charge >= 0.3 is 0 Å². The van der Waals surface area contributed by atoms with E-state index in [1.807, 2.05) is 32.0 Å². The van der Waals surface area contributed by atoms with Gasteiger partial charge in [0.1, 0.15) is 6.04 Å². The van der Waals surface area contributed by atoms with E-state index < -0.39 is 6.04 Å². The minimum atomic E-state index is -0.433. The van der Waals surface area contributed by atoms with Crippen LogP contribution in [-0.2, 0) is 16.1 Å². The molecule has 4 rings (SSSR count). The van der Waals surface area contributed by atoms with E-state index in [-0.39, 0.29) is 23.2 Å². The van der Waals surface area contributed by atoms with Crippen molar-refractivity contribution < 1.29 is 14.0 Å². The van der Waals surface area contributed by atoms with Crippen molar-refractivity contribution in [1.29, 1.82) is 0 Å². The third-order valence-corrected chi connectivity index (χ3v) is 7.27. The van der Waals surface area contributed by atoms with Gasteiger partial charge in [0.2, 0.25) is 23.6 Å². The Hall–Kier alpha value is -2.06. The lowest BCUT2D eigenvalue weighted by Crippen LogP contribution is -2.51. The number of hydrogen-bond donors (Lipinski definition) is 0. The van der Waals surface area contributed by atoms with Gasteiger partial charge < -0.3 is 14.2 Å². The second-order valence-corrected chi connectivity index (χ2v) is 9.41. The lowest BCUT2D eigenvalue weighted by Gasteiger charge is -2.32. The van der Waals surface area contributed by atoms with E-state index in [4.69, 9.17) is 16.0 Å². The van der Waals surface area contributed by atoms with Gasteiger partial charge in [-0.15, -0.1) is 22.0 Å². The van der Waals surface area contributed by atoms with Crippen molar-refractivity contribution >= 4 is 35.2 Å². The van der Waals surface area contributed by atoms with Crippen LogP contribution in [0.1, 0.15) is 39.0 Å². The summed E-state index contributed by atoms with van der Waals surface area (Å²) in [5.74, 6) is 1.30. The van der Waals surface area contributed by atoms with E-state index in [9.17, 15) is 9.59 Å². The molecule has 0 N–H and O–H groups in total. The Labute approximate surface area is 178 Å². The Morgan fingerprint density at radius 3 is 2.97 bits per heavy atom. The van der Waals surface area contributed by atoms with Crippen molar-refractivity contribution in [3.8, 4) is 11.5 Å². The lowest BCUT2D eigenvalue weighted by molar-refractivity contribution is -0.144. The van der Waals surface area contributed by atoms with Crippen molar-refractivity contribution in [2.24, 2.45) is 0 Å². The molecule has 2 fully saturated rings. The molecular weight excluding hydrogens is 412 g/mol. The maximum absolute atomic E-state index is 13.3. The van der Waals surface area contributed by atoms with Gasteiger partial charge in [-0.1, -0.05) is 30.7 Å². The fourth-order valence-corrected chi connectivity index (χ4v) is 5.62. The third-order valence-electron chi connectivity index (χ3n) is 5.43. The molecule has 0 radical (unpaired) electrons. The number of thioether (sulfide) groups is 1. The number of amides is 2. The Kier molecular flexibility index (Phi) is 5.57.